The van der Waals surface area contributed by atoms with Crippen LogP contribution >= 0.6 is 0 Å². The maximum absolute atomic E-state index is 13.5. The van der Waals surface area contributed by atoms with Crippen LogP contribution in [0.15, 0.2) is 102 Å². The summed E-state index contributed by atoms with van der Waals surface area (Å²) in [6, 6.07) is 29.7. The summed E-state index contributed by atoms with van der Waals surface area (Å²) >= 11 is 0. The second kappa shape index (κ2) is 15.3. The van der Waals surface area contributed by atoms with Crippen LogP contribution in [0.3, 0.4) is 0 Å². The predicted molar refractivity (Wildman–Crippen MR) is 187 cm³/mol. The standard InChI is InChI=1S/C38H41N5O4/c1-5-35(38(46)43-24-22-41(3)23-25-43)47-39-26-30-10-6-9-13-34(30)42(4)37(45)29-18-20-31(21-19-29)40-36(44)33-12-8-7-11-32(33)28-16-14-27(2)15-17-28/h6-21,26,35H,5,22-25H2,1-4H3,(H,40,44)/b39-26+. The van der Waals surface area contributed by atoms with E-state index in [4.69, 9.17) is 4.84 Å². The fourth-order valence-electron chi connectivity index (χ4n) is 5.45. The van der Waals surface area contributed by atoms with Crippen LogP contribution in [0.2, 0.25) is 0 Å². The molecule has 1 unspecified atom stereocenters. The Morgan fingerprint density at radius 3 is 2.26 bits per heavy atom. The van der Waals surface area contributed by atoms with Crippen molar-refractivity contribution in [3.63, 3.8) is 0 Å². The van der Waals surface area contributed by atoms with Gasteiger partial charge in [0.1, 0.15) is 0 Å². The van der Waals surface area contributed by atoms with Crippen molar-refractivity contribution in [2.75, 3.05) is 50.5 Å². The second-order valence-electron chi connectivity index (χ2n) is 11.7. The molecule has 0 bridgehead atoms. The fourth-order valence-corrected chi connectivity index (χ4v) is 5.45. The molecule has 1 aliphatic rings. The second-order valence-corrected chi connectivity index (χ2v) is 11.7. The first-order valence-electron chi connectivity index (χ1n) is 15.9. The Kier molecular flexibility index (Phi) is 10.8. The first-order valence-corrected chi connectivity index (χ1v) is 15.9. The maximum Gasteiger partial charge on any atom is 0.266 e. The van der Waals surface area contributed by atoms with Gasteiger partial charge in [-0.1, -0.05) is 78.3 Å². The first kappa shape index (κ1) is 33.1. The van der Waals surface area contributed by atoms with Gasteiger partial charge in [0.05, 0.1) is 11.9 Å². The number of anilines is 2. The summed E-state index contributed by atoms with van der Waals surface area (Å²) in [4.78, 5) is 51.0. The molecule has 4 aromatic carbocycles. The third-order valence-corrected chi connectivity index (χ3v) is 8.37. The number of hydrogen-bond acceptors (Lipinski definition) is 6. The summed E-state index contributed by atoms with van der Waals surface area (Å²) in [6.07, 6.45) is 1.36. The van der Waals surface area contributed by atoms with Gasteiger partial charge >= 0.3 is 0 Å². The molecule has 1 fully saturated rings. The van der Waals surface area contributed by atoms with Crippen molar-refractivity contribution in [2.24, 2.45) is 5.16 Å². The summed E-state index contributed by atoms with van der Waals surface area (Å²) in [5, 5.41) is 7.11. The van der Waals surface area contributed by atoms with Crippen molar-refractivity contribution in [2.45, 2.75) is 26.4 Å². The first-order chi connectivity index (χ1) is 22.7. The SMILES string of the molecule is CCC(O/N=C/c1ccccc1N(C)C(=O)c1ccc(NC(=O)c2ccccc2-c2ccc(C)cc2)cc1)C(=O)N1CCN(C)CC1. The fraction of sp³-hybridized carbons (Fsp3) is 0.263. The highest BCUT2D eigenvalue weighted by Gasteiger charge is 2.27. The van der Waals surface area contributed by atoms with Crippen LogP contribution in [0.5, 0.6) is 0 Å². The van der Waals surface area contributed by atoms with Crippen molar-refractivity contribution >= 4 is 35.3 Å². The minimum Gasteiger partial charge on any atom is -0.382 e. The molecule has 0 radical (unpaired) electrons. The van der Waals surface area contributed by atoms with Gasteiger partial charge in [-0.2, -0.15) is 0 Å². The lowest BCUT2D eigenvalue weighted by molar-refractivity contribution is -0.145. The molecule has 242 valence electrons. The van der Waals surface area contributed by atoms with E-state index in [2.05, 4.69) is 15.4 Å². The topological polar surface area (TPSA) is 94.5 Å². The van der Waals surface area contributed by atoms with Gasteiger partial charge in [-0.3, -0.25) is 14.4 Å². The number of amides is 3. The minimum atomic E-state index is -0.670. The molecule has 0 spiro atoms. The zero-order chi connectivity index (χ0) is 33.3. The van der Waals surface area contributed by atoms with E-state index in [0.717, 1.165) is 29.8 Å². The minimum absolute atomic E-state index is 0.0616. The lowest BCUT2D eigenvalue weighted by Gasteiger charge is -2.33. The van der Waals surface area contributed by atoms with Crippen molar-refractivity contribution in [1.82, 2.24) is 9.80 Å². The number of nitrogens with zero attached hydrogens (tertiary/aromatic N) is 4. The Morgan fingerprint density at radius 1 is 0.894 bits per heavy atom. The molecule has 1 saturated heterocycles. The van der Waals surface area contributed by atoms with Crippen LogP contribution in [-0.2, 0) is 9.63 Å². The van der Waals surface area contributed by atoms with Crippen LogP contribution in [0, 0.1) is 6.92 Å². The molecule has 1 heterocycles. The van der Waals surface area contributed by atoms with Gasteiger partial charge in [0, 0.05) is 55.6 Å². The summed E-state index contributed by atoms with van der Waals surface area (Å²) in [6.45, 7) is 6.93. The normalized spacial score (nSPS) is 14.1. The summed E-state index contributed by atoms with van der Waals surface area (Å²) in [7, 11) is 3.74. The molecule has 9 nitrogen and oxygen atoms in total. The molecule has 9 heteroatoms. The highest BCUT2D eigenvalue weighted by atomic mass is 16.6. The number of likely N-dealkylation sites (N-methyl/N-ethyl adjacent to an activating group) is 1. The summed E-state index contributed by atoms with van der Waals surface area (Å²) in [5.74, 6) is -0.525. The van der Waals surface area contributed by atoms with E-state index in [1.54, 1.807) is 42.3 Å². The van der Waals surface area contributed by atoms with Crippen molar-refractivity contribution in [3.8, 4) is 11.1 Å². The van der Waals surface area contributed by atoms with E-state index in [1.165, 1.54) is 6.21 Å². The van der Waals surface area contributed by atoms with E-state index < -0.39 is 6.10 Å². The van der Waals surface area contributed by atoms with Gasteiger partial charge in [-0.15, -0.1) is 0 Å². The zero-order valence-corrected chi connectivity index (χ0v) is 27.3. The zero-order valence-electron chi connectivity index (χ0n) is 27.3. The van der Waals surface area contributed by atoms with E-state index in [0.29, 0.717) is 47.6 Å². The van der Waals surface area contributed by atoms with Gasteiger partial charge in [0.15, 0.2) is 0 Å². The summed E-state index contributed by atoms with van der Waals surface area (Å²) in [5.41, 5.74) is 5.86. The average molecular weight is 632 g/mol. The van der Waals surface area contributed by atoms with Crippen molar-refractivity contribution in [1.29, 1.82) is 0 Å². The number of hydrogen-bond donors (Lipinski definition) is 1. The Bertz CT molecular complexity index is 1730. The molecular weight excluding hydrogens is 590 g/mol. The lowest BCUT2D eigenvalue weighted by atomic mass is 9.98. The number of oxime groups is 1. The van der Waals surface area contributed by atoms with Gasteiger partial charge in [-0.25, -0.2) is 0 Å². The monoisotopic (exact) mass is 631 g/mol. The van der Waals surface area contributed by atoms with Crippen molar-refractivity contribution in [3.05, 3.63) is 119 Å². The molecule has 47 heavy (non-hydrogen) atoms. The Hall–Kier alpha value is -5.28. The number of rotatable bonds is 10. The van der Waals surface area contributed by atoms with Gasteiger partial charge in [-0.05, 0) is 67.9 Å². The van der Waals surface area contributed by atoms with E-state index in [9.17, 15) is 14.4 Å². The van der Waals surface area contributed by atoms with Gasteiger partial charge in [0.2, 0.25) is 6.10 Å². The van der Waals surface area contributed by atoms with Crippen LogP contribution in [0.1, 0.15) is 45.2 Å². The van der Waals surface area contributed by atoms with Crippen LogP contribution in [0.25, 0.3) is 11.1 Å². The number of aryl methyl sites for hydroxylation is 1. The Morgan fingerprint density at radius 2 is 1.55 bits per heavy atom. The highest BCUT2D eigenvalue weighted by molar-refractivity contribution is 6.10. The number of benzene rings is 4. The molecule has 0 aliphatic carbocycles. The maximum atomic E-state index is 13.5. The van der Waals surface area contributed by atoms with E-state index >= 15 is 0 Å². The number of carbonyl (C=O) groups is 3. The average Bonchev–Trinajstić information content (AvgIpc) is 3.10. The Labute approximate surface area is 276 Å². The number of piperazine rings is 1. The third-order valence-electron chi connectivity index (χ3n) is 8.37. The Balaban J connectivity index is 1.23. The molecular formula is C38H41N5O4. The third kappa shape index (κ3) is 8.12. The predicted octanol–water partition coefficient (Wildman–Crippen LogP) is 6.09. The van der Waals surface area contributed by atoms with Gasteiger partial charge < -0.3 is 24.9 Å². The highest BCUT2D eigenvalue weighted by Crippen LogP contribution is 2.26. The number of carbonyl (C=O) groups excluding carboxylic acids is 3. The van der Waals surface area contributed by atoms with E-state index in [1.807, 2.05) is 92.5 Å². The van der Waals surface area contributed by atoms with Gasteiger partial charge in [0.25, 0.3) is 17.7 Å². The number of nitrogens with one attached hydrogen (secondary N) is 1. The molecule has 4 aromatic rings. The summed E-state index contributed by atoms with van der Waals surface area (Å²) < 4.78 is 0. The lowest BCUT2D eigenvalue weighted by Crippen LogP contribution is -2.50. The molecule has 5 rings (SSSR count). The molecule has 3 amide bonds. The molecule has 1 atom stereocenters. The molecule has 1 aliphatic heterocycles. The quantitative estimate of drug-likeness (QED) is 0.169. The molecule has 0 aromatic heterocycles. The smallest absolute Gasteiger partial charge is 0.266 e. The van der Waals surface area contributed by atoms with Crippen molar-refractivity contribution < 1.29 is 19.2 Å². The van der Waals surface area contributed by atoms with Crippen LogP contribution in [0.4, 0.5) is 11.4 Å². The molecule has 0 saturated carbocycles. The van der Waals surface area contributed by atoms with E-state index in [-0.39, 0.29) is 17.7 Å². The van der Waals surface area contributed by atoms with Crippen LogP contribution < -0.4 is 10.2 Å². The van der Waals surface area contributed by atoms with Crippen LogP contribution in [-0.4, -0.2) is 80.1 Å². The largest absolute Gasteiger partial charge is 0.382 e. The number of para-hydroxylation sites is 1. The molecule has 1 N–H and O–H groups in total.